The summed E-state index contributed by atoms with van der Waals surface area (Å²) in [7, 11) is 0. The number of hydrogen-bond acceptors (Lipinski definition) is 7. The van der Waals surface area contributed by atoms with E-state index in [0.29, 0.717) is 18.3 Å². The maximum absolute atomic E-state index is 5.64. The summed E-state index contributed by atoms with van der Waals surface area (Å²) in [5.74, 6) is 1.08. The second-order valence-electron chi connectivity index (χ2n) is 6.98. The minimum absolute atomic E-state index is 0.0948. The van der Waals surface area contributed by atoms with Crippen LogP contribution in [0.3, 0.4) is 0 Å². The lowest BCUT2D eigenvalue weighted by atomic mass is 10.0. The average Bonchev–Trinajstić information content (AvgIpc) is 3.34. The Balaban J connectivity index is 1.41. The van der Waals surface area contributed by atoms with Crippen LogP contribution in [0.25, 0.3) is 5.57 Å². The molecule has 0 amide bonds. The molecular weight excluding hydrogens is 342 g/mol. The molecule has 0 unspecified atom stereocenters. The molecule has 2 aromatic heterocycles. The Morgan fingerprint density at radius 1 is 1.07 bits per heavy atom. The minimum Gasteiger partial charge on any atom is -0.470 e. The highest BCUT2D eigenvalue weighted by Gasteiger charge is 2.22. The molecule has 2 aromatic rings. The van der Waals surface area contributed by atoms with Crippen LogP contribution in [0, 0.1) is 0 Å². The molecule has 138 valence electrons. The first-order chi connectivity index (χ1) is 13.3. The smallest absolute Gasteiger partial charge is 0.255 e. The third kappa shape index (κ3) is 3.08. The number of nitrogens with zero attached hydrogens (tertiary/aromatic N) is 5. The maximum Gasteiger partial charge on any atom is 0.255 e. The molecule has 1 aliphatic carbocycles. The molecule has 0 radical (unpaired) electrons. The van der Waals surface area contributed by atoms with E-state index in [1.165, 1.54) is 5.56 Å². The van der Waals surface area contributed by atoms with E-state index in [-0.39, 0.29) is 6.10 Å². The third-order valence-corrected chi connectivity index (χ3v) is 5.08. The van der Waals surface area contributed by atoms with Gasteiger partial charge >= 0.3 is 0 Å². The summed E-state index contributed by atoms with van der Waals surface area (Å²) in [6.07, 6.45) is 8.79. The zero-order valence-electron chi connectivity index (χ0n) is 15.3. The number of aliphatic imine (C=N–C) groups is 1. The normalized spacial score (nSPS) is 21.5. The van der Waals surface area contributed by atoms with E-state index >= 15 is 0 Å². The van der Waals surface area contributed by atoms with Gasteiger partial charge in [0.2, 0.25) is 5.82 Å². The highest BCUT2D eigenvalue weighted by atomic mass is 16.5. The fraction of sp³-hybridized carbons (Fsp3) is 0.400. The van der Waals surface area contributed by atoms with Gasteiger partial charge in [-0.05, 0) is 18.6 Å². The fourth-order valence-corrected chi connectivity index (χ4v) is 3.63. The summed E-state index contributed by atoms with van der Waals surface area (Å²) in [5.41, 5.74) is 5.54. The second kappa shape index (κ2) is 6.74. The lowest BCUT2D eigenvalue weighted by molar-refractivity contribution is 0.122. The van der Waals surface area contributed by atoms with Crippen LogP contribution in [0.1, 0.15) is 29.6 Å². The van der Waals surface area contributed by atoms with Gasteiger partial charge in [0.25, 0.3) is 5.90 Å². The number of hydrogen-bond donors (Lipinski definition) is 0. The molecule has 0 aromatic carbocycles. The summed E-state index contributed by atoms with van der Waals surface area (Å²) in [4.78, 5) is 20.3. The van der Waals surface area contributed by atoms with Crippen LogP contribution in [0.15, 0.2) is 35.7 Å². The Morgan fingerprint density at radius 3 is 2.63 bits per heavy atom. The van der Waals surface area contributed by atoms with Crippen LogP contribution < -0.4 is 4.90 Å². The van der Waals surface area contributed by atoms with Crippen molar-refractivity contribution in [3.05, 3.63) is 53.4 Å². The van der Waals surface area contributed by atoms with Crippen molar-refractivity contribution in [3.8, 4) is 0 Å². The number of ether oxygens (including phenoxy) is 2. The van der Waals surface area contributed by atoms with Crippen molar-refractivity contribution < 1.29 is 9.47 Å². The highest BCUT2D eigenvalue weighted by Crippen LogP contribution is 2.33. The van der Waals surface area contributed by atoms with Crippen LogP contribution in [0.2, 0.25) is 0 Å². The minimum atomic E-state index is 0.0948. The number of anilines is 1. The number of pyridine rings is 1. The van der Waals surface area contributed by atoms with Crippen LogP contribution in [0.5, 0.6) is 0 Å². The van der Waals surface area contributed by atoms with Crippen molar-refractivity contribution >= 4 is 17.2 Å². The van der Waals surface area contributed by atoms with Crippen LogP contribution in [-0.2, 0) is 15.9 Å². The summed E-state index contributed by atoms with van der Waals surface area (Å²) in [6, 6.07) is 2.23. The molecule has 4 heterocycles. The quantitative estimate of drug-likeness (QED) is 0.829. The molecule has 1 fully saturated rings. The van der Waals surface area contributed by atoms with Crippen molar-refractivity contribution in [1.82, 2.24) is 15.0 Å². The predicted molar refractivity (Wildman–Crippen MR) is 102 cm³/mol. The summed E-state index contributed by atoms with van der Waals surface area (Å²) in [6.45, 7) is 5.98. The number of fused-ring (bicyclic) bond motifs is 1. The Morgan fingerprint density at radius 2 is 1.89 bits per heavy atom. The first kappa shape index (κ1) is 16.4. The average molecular weight is 363 g/mol. The summed E-state index contributed by atoms with van der Waals surface area (Å²) < 4.78 is 11.1. The van der Waals surface area contributed by atoms with Gasteiger partial charge in [-0.3, -0.25) is 4.98 Å². The molecule has 0 bridgehead atoms. The van der Waals surface area contributed by atoms with E-state index < -0.39 is 0 Å². The lowest BCUT2D eigenvalue weighted by Crippen LogP contribution is -2.36. The summed E-state index contributed by atoms with van der Waals surface area (Å²) >= 11 is 0. The van der Waals surface area contributed by atoms with Gasteiger partial charge in [0.1, 0.15) is 6.10 Å². The monoisotopic (exact) mass is 363 g/mol. The number of rotatable bonds is 3. The predicted octanol–water partition coefficient (Wildman–Crippen LogP) is 1.86. The van der Waals surface area contributed by atoms with Gasteiger partial charge in [-0.1, -0.05) is 6.08 Å². The van der Waals surface area contributed by atoms with E-state index in [9.17, 15) is 0 Å². The first-order valence-electron chi connectivity index (χ1n) is 9.34. The lowest BCUT2D eigenvalue weighted by Gasteiger charge is -2.29. The van der Waals surface area contributed by atoms with E-state index in [1.54, 1.807) is 0 Å². The van der Waals surface area contributed by atoms with Gasteiger partial charge in [-0.15, -0.1) is 0 Å². The van der Waals surface area contributed by atoms with Gasteiger partial charge in [0, 0.05) is 43.0 Å². The van der Waals surface area contributed by atoms with E-state index in [2.05, 4.69) is 37.0 Å². The van der Waals surface area contributed by atoms with Crippen molar-refractivity contribution in [2.45, 2.75) is 19.4 Å². The van der Waals surface area contributed by atoms with Crippen molar-refractivity contribution in [3.63, 3.8) is 0 Å². The van der Waals surface area contributed by atoms with Crippen molar-refractivity contribution in [2.75, 3.05) is 37.7 Å². The molecule has 7 heteroatoms. The second-order valence-corrected chi connectivity index (χ2v) is 6.98. The Kier molecular flexibility index (Phi) is 4.09. The van der Waals surface area contributed by atoms with Crippen molar-refractivity contribution in [2.24, 2.45) is 4.99 Å². The Labute approximate surface area is 157 Å². The molecule has 7 nitrogen and oxygen atoms in total. The van der Waals surface area contributed by atoms with Crippen LogP contribution in [0.4, 0.5) is 5.69 Å². The highest BCUT2D eigenvalue weighted by molar-refractivity contribution is 5.92. The molecule has 1 saturated heterocycles. The summed E-state index contributed by atoms with van der Waals surface area (Å²) in [5, 5.41) is 0. The van der Waals surface area contributed by atoms with Crippen LogP contribution >= 0.6 is 0 Å². The van der Waals surface area contributed by atoms with E-state index in [1.807, 2.05) is 25.5 Å². The molecule has 0 N–H and O–H groups in total. The van der Waals surface area contributed by atoms with Gasteiger partial charge < -0.3 is 14.4 Å². The molecule has 5 rings (SSSR count). The molecule has 3 aliphatic rings. The first-order valence-corrected chi connectivity index (χ1v) is 9.34. The fourth-order valence-electron chi connectivity index (χ4n) is 3.63. The number of allylic oxidation sites excluding steroid dienone is 1. The van der Waals surface area contributed by atoms with Crippen molar-refractivity contribution in [1.29, 1.82) is 0 Å². The maximum atomic E-state index is 5.64. The topological polar surface area (TPSA) is 72.7 Å². The number of morpholine rings is 1. The zero-order chi connectivity index (χ0) is 18.2. The van der Waals surface area contributed by atoms with Gasteiger partial charge in [-0.2, -0.15) is 0 Å². The Bertz CT molecular complexity index is 916. The third-order valence-electron chi connectivity index (χ3n) is 5.08. The van der Waals surface area contributed by atoms with E-state index in [0.717, 1.165) is 55.2 Å². The molecule has 0 saturated carbocycles. The zero-order valence-corrected chi connectivity index (χ0v) is 15.3. The van der Waals surface area contributed by atoms with Gasteiger partial charge in [-0.25, -0.2) is 15.0 Å². The standard InChI is InChI=1S/C20H21N5O2/c1-13-9-24-20(27-13)19-22-10-14(11-23-19)16-2-3-18-17(16)8-15(12-21-18)25-4-6-26-7-5-25/h2,8,10-13H,3-7,9H2,1H3/t13-/m1/s1. The molecular formula is C20H21N5O2. The van der Waals surface area contributed by atoms with Gasteiger partial charge in [0.05, 0.1) is 37.3 Å². The number of aromatic nitrogens is 3. The molecule has 1 atom stereocenters. The molecule has 27 heavy (non-hydrogen) atoms. The Hall–Kier alpha value is -2.80. The molecule has 2 aliphatic heterocycles. The SMILES string of the molecule is C[C@@H]1CN=C(c2ncc(C3=CCc4ncc(N5CCOCC5)cc43)cn2)O1. The van der Waals surface area contributed by atoms with E-state index in [4.69, 9.17) is 9.47 Å². The van der Waals surface area contributed by atoms with Gasteiger partial charge in [0.15, 0.2) is 0 Å². The molecule has 0 spiro atoms. The van der Waals surface area contributed by atoms with Crippen LogP contribution in [-0.4, -0.2) is 59.8 Å². The largest absolute Gasteiger partial charge is 0.470 e.